The van der Waals surface area contributed by atoms with Crippen LogP contribution in [0.15, 0.2) is 0 Å². The molecule has 1 unspecified atom stereocenters. The SMILES string of the molecule is CCCCCCCCCCCCC(CCC(=O)OC(C)C)OC(=O)NCCN(C)C. The Bertz CT molecular complexity index is 427. The van der Waals surface area contributed by atoms with Crippen LogP contribution in [0.5, 0.6) is 0 Å². The lowest BCUT2D eigenvalue weighted by atomic mass is 10.0. The zero-order chi connectivity index (χ0) is 22.6. The number of likely N-dealkylation sites (N-methyl/N-ethyl adjacent to an activating group) is 1. The van der Waals surface area contributed by atoms with Crippen molar-refractivity contribution in [2.75, 3.05) is 27.2 Å². The maximum atomic E-state index is 12.1. The van der Waals surface area contributed by atoms with Gasteiger partial charge in [-0.25, -0.2) is 4.79 Å². The van der Waals surface area contributed by atoms with Crippen LogP contribution in [0, 0.1) is 0 Å². The van der Waals surface area contributed by atoms with Crippen molar-refractivity contribution in [1.29, 1.82) is 0 Å². The van der Waals surface area contributed by atoms with Gasteiger partial charge in [-0.2, -0.15) is 0 Å². The van der Waals surface area contributed by atoms with Crippen molar-refractivity contribution in [2.24, 2.45) is 0 Å². The number of rotatable bonds is 19. The van der Waals surface area contributed by atoms with Crippen molar-refractivity contribution < 1.29 is 19.1 Å². The Hall–Kier alpha value is -1.30. The van der Waals surface area contributed by atoms with Gasteiger partial charge < -0.3 is 19.7 Å². The van der Waals surface area contributed by atoms with Gasteiger partial charge in [0, 0.05) is 19.5 Å². The monoisotopic (exact) mass is 428 g/mol. The Labute approximate surface area is 185 Å². The normalized spacial score (nSPS) is 12.2. The number of amides is 1. The fraction of sp³-hybridized carbons (Fsp3) is 0.917. The van der Waals surface area contributed by atoms with E-state index >= 15 is 0 Å². The minimum atomic E-state index is -0.397. The summed E-state index contributed by atoms with van der Waals surface area (Å²) < 4.78 is 10.8. The maximum absolute atomic E-state index is 12.1. The number of nitrogens with zero attached hydrogens (tertiary/aromatic N) is 1. The number of unbranched alkanes of at least 4 members (excludes halogenated alkanes) is 9. The summed E-state index contributed by atoms with van der Waals surface area (Å²) >= 11 is 0. The minimum absolute atomic E-state index is 0.117. The van der Waals surface area contributed by atoms with Gasteiger partial charge in [-0.05, 0) is 47.2 Å². The van der Waals surface area contributed by atoms with Crippen molar-refractivity contribution in [3.63, 3.8) is 0 Å². The number of hydrogen-bond donors (Lipinski definition) is 1. The van der Waals surface area contributed by atoms with Crippen LogP contribution in [0.3, 0.4) is 0 Å². The molecule has 0 radical (unpaired) electrons. The van der Waals surface area contributed by atoms with Gasteiger partial charge in [-0.3, -0.25) is 4.79 Å². The van der Waals surface area contributed by atoms with Crippen LogP contribution in [-0.4, -0.2) is 56.4 Å². The molecule has 0 aromatic heterocycles. The lowest BCUT2D eigenvalue weighted by molar-refractivity contribution is -0.148. The fourth-order valence-corrected chi connectivity index (χ4v) is 3.30. The Morgan fingerprint density at radius 2 is 1.40 bits per heavy atom. The molecule has 0 saturated heterocycles. The van der Waals surface area contributed by atoms with Crippen LogP contribution in [0.4, 0.5) is 4.79 Å². The van der Waals surface area contributed by atoms with Gasteiger partial charge in [0.1, 0.15) is 6.10 Å². The van der Waals surface area contributed by atoms with Crippen LogP contribution >= 0.6 is 0 Å². The zero-order valence-electron chi connectivity index (χ0n) is 20.3. The molecule has 0 aromatic carbocycles. The lowest BCUT2D eigenvalue weighted by Gasteiger charge is -2.19. The molecule has 30 heavy (non-hydrogen) atoms. The molecule has 1 amide bonds. The summed E-state index contributed by atoms with van der Waals surface area (Å²) in [4.78, 5) is 25.9. The number of carbonyl (C=O) groups is 2. The van der Waals surface area contributed by atoms with E-state index in [1.165, 1.54) is 51.4 Å². The standard InChI is InChI=1S/C24H48N2O4/c1-6-7-8-9-10-11-12-13-14-15-16-22(17-18-23(27)29-21(2)3)30-24(28)25-19-20-26(4)5/h21-22H,6-20H2,1-5H3,(H,25,28). The smallest absolute Gasteiger partial charge is 0.407 e. The number of nitrogens with one attached hydrogen (secondary N) is 1. The van der Waals surface area contributed by atoms with Gasteiger partial charge in [0.15, 0.2) is 0 Å². The van der Waals surface area contributed by atoms with Crippen LogP contribution in [0.1, 0.15) is 104 Å². The van der Waals surface area contributed by atoms with E-state index in [-0.39, 0.29) is 24.6 Å². The highest BCUT2D eigenvalue weighted by molar-refractivity contribution is 5.70. The van der Waals surface area contributed by atoms with Crippen molar-refractivity contribution in [1.82, 2.24) is 10.2 Å². The molecule has 0 heterocycles. The van der Waals surface area contributed by atoms with Crippen molar-refractivity contribution >= 4 is 12.1 Å². The first kappa shape index (κ1) is 28.7. The van der Waals surface area contributed by atoms with E-state index in [9.17, 15) is 9.59 Å². The highest BCUT2D eigenvalue weighted by Crippen LogP contribution is 2.16. The summed E-state index contributed by atoms with van der Waals surface area (Å²) in [6.45, 7) is 7.24. The summed E-state index contributed by atoms with van der Waals surface area (Å²) in [5.41, 5.74) is 0. The third-order valence-electron chi connectivity index (χ3n) is 5.02. The highest BCUT2D eigenvalue weighted by Gasteiger charge is 2.17. The van der Waals surface area contributed by atoms with Gasteiger partial charge in [-0.1, -0.05) is 64.7 Å². The minimum Gasteiger partial charge on any atom is -0.463 e. The van der Waals surface area contributed by atoms with Crippen LogP contribution < -0.4 is 5.32 Å². The number of esters is 1. The molecule has 0 saturated carbocycles. The molecule has 6 nitrogen and oxygen atoms in total. The first-order valence-electron chi connectivity index (χ1n) is 12.1. The molecule has 178 valence electrons. The Kier molecular flexibility index (Phi) is 18.8. The third kappa shape index (κ3) is 20.0. The number of ether oxygens (including phenoxy) is 2. The van der Waals surface area contributed by atoms with Gasteiger partial charge in [-0.15, -0.1) is 0 Å². The van der Waals surface area contributed by atoms with E-state index in [1.54, 1.807) is 0 Å². The molecule has 0 rings (SSSR count). The van der Waals surface area contributed by atoms with Gasteiger partial charge >= 0.3 is 12.1 Å². The molecule has 0 bridgehead atoms. The zero-order valence-corrected chi connectivity index (χ0v) is 20.3. The van der Waals surface area contributed by atoms with Crippen LogP contribution in [0.25, 0.3) is 0 Å². The van der Waals surface area contributed by atoms with E-state index in [0.29, 0.717) is 13.0 Å². The molecule has 0 aliphatic heterocycles. The summed E-state index contributed by atoms with van der Waals surface area (Å²) in [6.07, 6.45) is 13.6. The van der Waals surface area contributed by atoms with E-state index in [1.807, 2.05) is 32.8 Å². The summed E-state index contributed by atoms with van der Waals surface area (Å²) in [5, 5.41) is 2.78. The Balaban J connectivity index is 4.12. The molecule has 0 aromatic rings. The molecule has 0 aliphatic rings. The summed E-state index contributed by atoms with van der Waals surface area (Å²) in [5.74, 6) is -0.227. The van der Waals surface area contributed by atoms with Crippen molar-refractivity contribution in [3.8, 4) is 0 Å². The Morgan fingerprint density at radius 1 is 0.833 bits per heavy atom. The van der Waals surface area contributed by atoms with E-state index < -0.39 is 6.09 Å². The largest absolute Gasteiger partial charge is 0.463 e. The summed E-state index contributed by atoms with van der Waals surface area (Å²) in [6, 6.07) is 0. The van der Waals surface area contributed by atoms with Crippen LogP contribution in [0.2, 0.25) is 0 Å². The summed E-state index contributed by atoms with van der Waals surface area (Å²) in [7, 11) is 3.92. The number of carbonyl (C=O) groups excluding carboxylic acids is 2. The van der Waals surface area contributed by atoms with Gasteiger partial charge in [0.05, 0.1) is 6.10 Å². The first-order chi connectivity index (χ1) is 14.3. The predicted molar refractivity (Wildman–Crippen MR) is 124 cm³/mol. The highest BCUT2D eigenvalue weighted by atomic mass is 16.6. The topological polar surface area (TPSA) is 67.9 Å². The third-order valence-corrected chi connectivity index (χ3v) is 5.02. The quantitative estimate of drug-likeness (QED) is 0.212. The van der Waals surface area contributed by atoms with Gasteiger partial charge in [0.25, 0.3) is 0 Å². The molecular weight excluding hydrogens is 380 g/mol. The molecule has 1 N–H and O–H groups in total. The molecule has 0 fully saturated rings. The molecular formula is C24H48N2O4. The lowest BCUT2D eigenvalue weighted by Crippen LogP contribution is -2.34. The van der Waals surface area contributed by atoms with Crippen LogP contribution in [-0.2, 0) is 14.3 Å². The molecule has 0 aliphatic carbocycles. The number of alkyl carbamates (subject to hydrolysis) is 1. The predicted octanol–water partition coefficient (Wildman–Crippen LogP) is 5.69. The Morgan fingerprint density at radius 3 is 1.93 bits per heavy atom. The molecule has 6 heteroatoms. The second-order valence-corrected chi connectivity index (χ2v) is 8.81. The molecule has 1 atom stereocenters. The van der Waals surface area contributed by atoms with Crippen molar-refractivity contribution in [2.45, 2.75) is 116 Å². The second-order valence-electron chi connectivity index (χ2n) is 8.81. The van der Waals surface area contributed by atoms with E-state index in [0.717, 1.165) is 25.8 Å². The average molecular weight is 429 g/mol. The average Bonchev–Trinajstić information content (AvgIpc) is 2.66. The second kappa shape index (κ2) is 19.7. The first-order valence-corrected chi connectivity index (χ1v) is 12.1. The van der Waals surface area contributed by atoms with E-state index in [2.05, 4.69) is 12.2 Å². The van der Waals surface area contributed by atoms with E-state index in [4.69, 9.17) is 9.47 Å². The number of hydrogen-bond acceptors (Lipinski definition) is 5. The molecule has 0 spiro atoms. The fourth-order valence-electron chi connectivity index (χ4n) is 3.30. The van der Waals surface area contributed by atoms with Gasteiger partial charge in [0.2, 0.25) is 0 Å². The van der Waals surface area contributed by atoms with Crippen molar-refractivity contribution in [3.05, 3.63) is 0 Å². The maximum Gasteiger partial charge on any atom is 0.407 e.